The molecule has 1 amide bonds. The molecule has 0 spiro atoms. The second-order valence-electron chi connectivity index (χ2n) is 5.73. The average molecular weight is 369 g/mol. The zero-order valence-corrected chi connectivity index (χ0v) is 15.3. The summed E-state index contributed by atoms with van der Waals surface area (Å²) in [6.45, 7) is 3.97. The molecule has 0 radical (unpaired) electrons. The Morgan fingerprint density at radius 2 is 2.04 bits per heavy atom. The van der Waals surface area contributed by atoms with Crippen LogP contribution in [0.4, 0.5) is 5.13 Å². The van der Waals surface area contributed by atoms with Crippen molar-refractivity contribution in [2.24, 2.45) is 0 Å². The van der Waals surface area contributed by atoms with Gasteiger partial charge >= 0.3 is 0 Å². The van der Waals surface area contributed by atoms with Gasteiger partial charge in [0.25, 0.3) is 5.91 Å². The Kier molecular flexibility index (Phi) is 4.06. The molecule has 8 heteroatoms. The SMILES string of the molecule is CC(C)n1nccc1C(=O)Nc1nc(-c2nc3ccccc3s2)cs1. The molecule has 0 atom stereocenters. The zero-order chi connectivity index (χ0) is 17.4. The Bertz CT molecular complexity index is 1010. The van der Waals surface area contributed by atoms with E-state index in [0.717, 1.165) is 20.9 Å². The molecule has 25 heavy (non-hydrogen) atoms. The third-order valence-electron chi connectivity index (χ3n) is 3.63. The number of amides is 1. The van der Waals surface area contributed by atoms with Gasteiger partial charge in [0.15, 0.2) is 5.13 Å². The van der Waals surface area contributed by atoms with Crippen molar-refractivity contribution >= 4 is 43.9 Å². The van der Waals surface area contributed by atoms with E-state index >= 15 is 0 Å². The normalized spacial score (nSPS) is 11.3. The van der Waals surface area contributed by atoms with Crippen LogP contribution in [-0.2, 0) is 0 Å². The first-order valence-corrected chi connectivity index (χ1v) is 9.48. The topological polar surface area (TPSA) is 72.7 Å². The molecule has 0 unspecified atom stereocenters. The number of nitrogens with zero attached hydrogens (tertiary/aromatic N) is 4. The van der Waals surface area contributed by atoms with E-state index in [1.54, 1.807) is 28.3 Å². The number of anilines is 1. The Hall–Kier alpha value is -2.58. The Labute approximate surface area is 152 Å². The number of rotatable bonds is 4. The first-order chi connectivity index (χ1) is 12.1. The predicted octanol–water partition coefficient (Wildman–Crippen LogP) is 4.45. The molecule has 0 saturated carbocycles. The summed E-state index contributed by atoms with van der Waals surface area (Å²) in [7, 11) is 0. The number of benzene rings is 1. The predicted molar refractivity (Wildman–Crippen MR) is 101 cm³/mol. The van der Waals surface area contributed by atoms with Gasteiger partial charge in [-0.2, -0.15) is 5.10 Å². The van der Waals surface area contributed by atoms with E-state index in [4.69, 9.17) is 0 Å². The van der Waals surface area contributed by atoms with Crippen molar-refractivity contribution in [3.8, 4) is 10.7 Å². The van der Waals surface area contributed by atoms with Crippen LogP contribution >= 0.6 is 22.7 Å². The molecule has 3 heterocycles. The van der Waals surface area contributed by atoms with Gasteiger partial charge in [-0.1, -0.05) is 12.1 Å². The molecule has 126 valence electrons. The molecule has 0 aliphatic rings. The summed E-state index contributed by atoms with van der Waals surface area (Å²) in [6.07, 6.45) is 1.63. The van der Waals surface area contributed by atoms with Crippen LogP contribution in [0.3, 0.4) is 0 Å². The molecule has 3 aromatic heterocycles. The number of para-hydroxylation sites is 1. The molecule has 0 bridgehead atoms. The third-order valence-corrected chi connectivity index (χ3v) is 5.45. The van der Waals surface area contributed by atoms with E-state index < -0.39 is 0 Å². The first kappa shape index (κ1) is 15.9. The Morgan fingerprint density at radius 1 is 1.20 bits per heavy atom. The Balaban J connectivity index is 1.57. The van der Waals surface area contributed by atoms with Crippen molar-refractivity contribution in [1.29, 1.82) is 0 Å². The number of hydrogen-bond acceptors (Lipinski definition) is 6. The molecule has 4 rings (SSSR count). The van der Waals surface area contributed by atoms with E-state index in [2.05, 4.69) is 20.4 Å². The highest BCUT2D eigenvalue weighted by Crippen LogP contribution is 2.32. The highest BCUT2D eigenvalue weighted by atomic mass is 32.1. The van der Waals surface area contributed by atoms with Gasteiger partial charge in [-0.15, -0.1) is 22.7 Å². The second-order valence-corrected chi connectivity index (χ2v) is 7.62. The summed E-state index contributed by atoms with van der Waals surface area (Å²) in [5, 5.41) is 10.3. The number of carbonyl (C=O) groups is 1. The van der Waals surface area contributed by atoms with Crippen molar-refractivity contribution in [2.75, 3.05) is 5.32 Å². The van der Waals surface area contributed by atoms with Gasteiger partial charge < -0.3 is 0 Å². The van der Waals surface area contributed by atoms with E-state index in [9.17, 15) is 4.79 Å². The van der Waals surface area contributed by atoms with Crippen LogP contribution in [0.15, 0.2) is 41.9 Å². The quantitative estimate of drug-likeness (QED) is 0.577. The first-order valence-electron chi connectivity index (χ1n) is 7.78. The van der Waals surface area contributed by atoms with Gasteiger partial charge in [0, 0.05) is 17.6 Å². The number of nitrogens with one attached hydrogen (secondary N) is 1. The third kappa shape index (κ3) is 3.06. The minimum atomic E-state index is -0.212. The molecular formula is C17H15N5OS2. The number of fused-ring (bicyclic) bond motifs is 1. The van der Waals surface area contributed by atoms with Crippen LogP contribution in [0.25, 0.3) is 20.9 Å². The van der Waals surface area contributed by atoms with Crippen molar-refractivity contribution in [1.82, 2.24) is 19.7 Å². The highest BCUT2D eigenvalue weighted by molar-refractivity contribution is 7.22. The molecule has 1 aromatic carbocycles. The maximum absolute atomic E-state index is 12.5. The summed E-state index contributed by atoms with van der Waals surface area (Å²) in [6, 6.07) is 9.81. The molecule has 6 nitrogen and oxygen atoms in total. The molecule has 0 saturated heterocycles. The van der Waals surface area contributed by atoms with Crippen LogP contribution in [0.2, 0.25) is 0 Å². The highest BCUT2D eigenvalue weighted by Gasteiger charge is 2.16. The lowest BCUT2D eigenvalue weighted by atomic mass is 10.3. The van der Waals surface area contributed by atoms with Crippen LogP contribution in [-0.4, -0.2) is 25.7 Å². The molecule has 4 aromatic rings. The lowest BCUT2D eigenvalue weighted by Gasteiger charge is -2.09. The van der Waals surface area contributed by atoms with Gasteiger partial charge in [0.2, 0.25) is 0 Å². The van der Waals surface area contributed by atoms with Crippen molar-refractivity contribution in [2.45, 2.75) is 19.9 Å². The fourth-order valence-corrected chi connectivity index (χ4v) is 4.17. The second kappa shape index (κ2) is 6.38. The molecule has 0 aliphatic heterocycles. The van der Waals surface area contributed by atoms with Crippen LogP contribution in [0.1, 0.15) is 30.4 Å². The molecule has 1 N–H and O–H groups in total. The average Bonchev–Trinajstić information content (AvgIpc) is 3.32. The Morgan fingerprint density at radius 3 is 2.84 bits per heavy atom. The fraction of sp³-hybridized carbons (Fsp3) is 0.176. The molecule has 0 fully saturated rings. The number of aromatic nitrogens is 4. The minimum absolute atomic E-state index is 0.116. The van der Waals surface area contributed by atoms with Crippen LogP contribution < -0.4 is 5.32 Å². The van der Waals surface area contributed by atoms with E-state index in [-0.39, 0.29) is 11.9 Å². The minimum Gasteiger partial charge on any atom is -0.296 e. The van der Waals surface area contributed by atoms with E-state index in [1.165, 1.54) is 11.3 Å². The maximum Gasteiger partial charge on any atom is 0.275 e. The van der Waals surface area contributed by atoms with Crippen molar-refractivity contribution < 1.29 is 4.79 Å². The largest absolute Gasteiger partial charge is 0.296 e. The van der Waals surface area contributed by atoms with Gasteiger partial charge in [0.05, 0.1) is 10.2 Å². The van der Waals surface area contributed by atoms with Crippen LogP contribution in [0, 0.1) is 0 Å². The smallest absolute Gasteiger partial charge is 0.275 e. The van der Waals surface area contributed by atoms with Gasteiger partial charge in [-0.25, -0.2) is 9.97 Å². The molecular weight excluding hydrogens is 354 g/mol. The van der Waals surface area contributed by atoms with Crippen molar-refractivity contribution in [3.05, 3.63) is 47.6 Å². The summed E-state index contributed by atoms with van der Waals surface area (Å²) >= 11 is 2.98. The summed E-state index contributed by atoms with van der Waals surface area (Å²) in [5.74, 6) is -0.212. The standard InChI is InChI=1S/C17H15N5OS2/c1-10(2)22-13(7-8-18-22)15(23)21-17-20-12(9-24-17)16-19-11-5-3-4-6-14(11)25-16/h3-10H,1-2H3,(H,20,21,23). The monoisotopic (exact) mass is 369 g/mol. The van der Waals surface area contributed by atoms with Gasteiger partial charge in [0.1, 0.15) is 16.4 Å². The van der Waals surface area contributed by atoms with Gasteiger partial charge in [-0.3, -0.25) is 14.8 Å². The number of carbonyl (C=O) groups excluding carboxylic acids is 1. The van der Waals surface area contributed by atoms with Crippen molar-refractivity contribution in [3.63, 3.8) is 0 Å². The van der Waals surface area contributed by atoms with Crippen LogP contribution in [0.5, 0.6) is 0 Å². The summed E-state index contributed by atoms with van der Waals surface area (Å²) in [4.78, 5) is 21.6. The number of hydrogen-bond donors (Lipinski definition) is 1. The lowest BCUT2D eigenvalue weighted by molar-refractivity contribution is 0.101. The summed E-state index contributed by atoms with van der Waals surface area (Å²) < 4.78 is 2.81. The fourth-order valence-electron chi connectivity index (χ4n) is 2.48. The number of thiazole rings is 2. The van der Waals surface area contributed by atoms with E-state index in [0.29, 0.717) is 10.8 Å². The van der Waals surface area contributed by atoms with Gasteiger partial charge in [-0.05, 0) is 32.0 Å². The maximum atomic E-state index is 12.5. The summed E-state index contributed by atoms with van der Waals surface area (Å²) in [5.41, 5.74) is 2.26. The zero-order valence-electron chi connectivity index (χ0n) is 13.6. The molecule has 0 aliphatic carbocycles. The lowest BCUT2D eigenvalue weighted by Crippen LogP contribution is -2.18. The van der Waals surface area contributed by atoms with E-state index in [1.807, 2.05) is 43.5 Å².